The van der Waals surface area contributed by atoms with Crippen LogP contribution in [-0.2, 0) is 14.3 Å². The number of hydrogen-bond acceptors (Lipinski definition) is 8. The van der Waals surface area contributed by atoms with Crippen molar-refractivity contribution in [3.8, 4) is 17.2 Å². The van der Waals surface area contributed by atoms with Crippen LogP contribution < -0.4 is 14.2 Å². The van der Waals surface area contributed by atoms with Crippen LogP contribution in [0.2, 0.25) is 0 Å². The summed E-state index contributed by atoms with van der Waals surface area (Å²) in [6.07, 6.45) is 3.15. The summed E-state index contributed by atoms with van der Waals surface area (Å²) < 4.78 is 21.2. The Bertz CT molecular complexity index is 849. The first kappa shape index (κ1) is 22.0. The maximum absolute atomic E-state index is 12.5. The molecule has 0 saturated carbocycles. The van der Waals surface area contributed by atoms with Gasteiger partial charge in [-0.1, -0.05) is 0 Å². The second kappa shape index (κ2) is 9.88. The Hall–Kier alpha value is -2.68. The highest BCUT2D eigenvalue weighted by molar-refractivity contribution is 8.18. The molecule has 9 heteroatoms. The van der Waals surface area contributed by atoms with E-state index in [4.69, 9.17) is 18.9 Å². The highest BCUT2D eigenvalue weighted by Gasteiger charge is 2.31. The molecule has 3 rings (SSSR count). The molecular weight excluding hydrogens is 408 g/mol. The van der Waals surface area contributed by atoms with Gasteiger partial charge < -0.3 is 23.8 Å². The minimum atomic E-state index is -0.281. The minimum Gasteiger partial charge on any atom is -0.493 e. The van der Waals surface area contributed by atoms with Crippen molar-refractivity contribution in [3.63, 3.8) is 0 Å². The van der Waals surface area contributed by atoms with Crippen LogP contribution in [0.25, 0.3) is 6.08 Å². The van der Waals surface area contributed by atoms with E-state index >= 15 is 0 Å². The molecular formula is C21H26N2O6S. The average Bonchev–Trinajstić information content (AvgIpc) is 3.13. The monoisotopic (exact) mass is 434 g/mol. The Morgan fingerprint density at radius 3 is 2.33 bits per heavy atom. The lowest BCUT2D eigenvalue weighted by Crippen LogP contribution is -2.39. The fourth-order valence-electron chi connectivity index (χ4n) is 3.44. The van der Waals surface area contributed by atoms with E-state index in [9.17, 15) is 9.59 Å². The standard InChI is InChI=1S/C21H26N2O6S/c1-5-29-20(25)14-6-8-23(9-7-14)21-22-19(24)17(30-21)12-13-10-15(26-2)18(28-4)16(11-13)27-3/h10-12,14H,5-9H2,1-4H3/b17-12+. The molecule has 1 saturated heterocycles. The normalized spacial score (nSPS) is 18.4. The van der Waals surface area contributed by atoms with Crippen molar-refractivity contribution in [2.24, 2.45) is 10.9 Å². The fourth-order valence-corrected chi connectivity index (χ4v) is 4.40. The summed E-state index contributed by atoms with van der Waals surface area (Å²) in [4.78, 5) is 31.2. The van der Waals surface area contributed by atoms with Gasteiger partial charge in [-0.05, 0) is 55.3 Å². The van der Waals surface area contributed by atoms with Crippen molar-refractivity contribution in [1.82, 2.24) is 4.90 Å². The first-order chi connectivity index (χ1) is 14.5. The molecule has 1 aromatic rings. The van der Waals surface area contributed by atoms with E-state index in [-0.39, 0.29) is 17.8 Å². The molecule has 0 bridgehead atoms. The number of thioether (sulfide) groups is 1. The molecule has 30 heavy (non-hydrogen) atoms. The van der Waals surface area contributed by atoms with Crippen molar-refractivity contribution >= 4 is 34.9 Å². The molecule has 1 aromatic carbocycles. The zero-order valence-electron chi connectivity index (χ0n) is 17.6. The van der Waals surface area contributed by atoms with Crippen molar-refractivity contribution in [2.75, 3.05) is 41.0 Å². The first-order valence-electron chi connectivity index (χ1n) is 9.74. The SMILES string of the molecule is CCOC(=O)C1CCN(C2=NC(=O)/C(=C\c3cc(OC)c(OC)c(OC)c3)S2)CC1. The smallest absolute Gasteiger partial charge is 0.309 e. The van der Waals surface area contributed by atoms with Gasteiger partial charge in [0.1, 0.15) is 0 Å². The number of amidine groups is 1. The van der Waals surface area contributed by atoms with E-state index in [2.05, 4.69) is 4.99 Å². The number of methoxy groups -OCH3 is 3. The number of ether oxygens (including phenoxy) is 4. The summed E-state index contributed by atoms with van der Waals surface area (Å²) in [5.74, 6) is 1.02. The van der Waals surface area contributed by atoms with Crippen LogP contribution in [0.4, 0.5) is 0 Å². The van der Waals surface area contributed by atoms with Gasteiger partial charge in [0.15, 0.2) is 16.7 Å². The average molecular weight is 435 g/mol. The molecule has 1 amide bonds. The van der Waals surface area contributed by atoms with Crippen LogP contribution >= 0.6 is 11.8 Å². The molecule has 1 fully saturated rings. The summed E-state index contributed by atoms with van der Waals surface area (Å²) in [6, 6.07) is 3.57. The number of esters is 1. The molecule has 162 valence electrons. The van der Waals surface area contributed by atoms with Gasteiger partial charge in [0.2, 0.25) is 5.75 Å². The lowest BCUT2D eigenvalue weighted by atomic mass is 9.97. The fraction of sp³-hybridized carbons (Fsp3) is 0.476. The van der Waals surface area contributed by atoms with Gasteiger partial charge in [-0.25, -0.2) is 0 Å². The Kier molecular flexibility index (Phi) is 7.25. The number of likely N-dealkylation sites (tertiary alicyclic amines) is 1. The number of nitrogens with zero attached hydrogens (tertiary/aromatic N) is 2. The summed E-state index contributed by atoms with van der Waals surface area (Å²) in [7, 11) is 4.63. The number of carbonyl (C=O) groups excluding carboxylic acids is 2. The van der Waals surface area contributed by atoms with Gasteiger partial charge in [-0.3, -0.25) is 9.59 Å². The van der Waals surface area contributed by atoms with Gasteiger partial charge in [0.25, 0.3) is 5.91 Å². The number of benzene rings is 1. The number of carbonyl (C=O) groups is 2. The summed E-state index contributed by atoms with van der Waals surface area (Å²) in [6.45, 7) is 3.54. The number of aliphatic imine (C=N–C) groups is 1. The van der Waals surface area contributed by atoms with Crippen molar-refractivity contribution < 1.29 is 28.5 Å². The van der Waals surface area contributed by atoms with Crippen LogP contribution in [0.3, 0.4) is 0 Å². The quantitative estimate of drug-likeness (QED) is 0.499. The molecule has 2 aliphatic rings. The molecule has 8 nitrogen and oxygen atoms in total. The Labute approximate surface area is 180 Å². The largest absolute Gasteiger partial charge is 0.493 e. The summed E-state index contributed by atoms with van der Waals surface area (Å²) in [5, 5.41) is 0.668. The van der Waals surface area contributed by atoms with E-state index in [1.54, 1.807) is 39.5 Å². The van der Waals surface area contributed by atoms with Gasteiger partial charge in [-0.2, -0.15) is 4.99 Å². The Morgan fingerprint density at radius 2 is 1.80 bits per heavy atom. The number of rotatable bonds is 6. The van der Waals surface area contributed by atoms with Crippen LogP contribution in [0.15, 0.2) is 22.0 Å². The predicted octanol–water partition coefficient (Wildman–Crippen LogP) is 2.96. The highest BCUT2D eigenvalue weighted by Crippen LogP contribution is 2.40. The predicted molar refractivity (Wildman–Crippen MR) is 115 cm³/mol. The molecule has 0 unspecified atom stereocenters. The minimum absolute atomic E-state index is 0.0851. The van der Waals surface area contributed by atoms with E-state index < -0.39 is 0 Å². The second-order valence-corrected chi connectivity index (χ2v) is 7.79. The van der Waals surface area contributed by atoms with Crippen molar-refractivity contribution in [2.45, 2.75) is 19.8 Å². The molecule has 0 N–H and O–H groups in total. The molecule has 0 spiro atoms. The highest BCUT2D eigenvalue weighted by atomic mass is 32.2. The summed E-state index contributed by atoms with van der Waals surface area (Å²) >= 11 is 1.34. The maximum atomic E-state index is 12.5. The van der Waals surface area contributed by atoms with Gasteiger partial charge >= 0.3 is 5.97 Å². The van der Waals surface area contributed by atoms with Crippen LogP contribution in [-0.4, -0.2) is 63.0 Å². The lowest BCUT2D eigenvalue weighted by Gasteiger charge is -2.31. The van der Waals surface area contributed by atoms with Crippen LogP contribution in [0.1, 0.15) is 25.3 Å². The Morgan fingerprint density at radius 1 is 1.17 bits per heavy atom. The van der Waals surface area contributed by atoms with E-state index in [1.807, 2.05) is 11.8 Å². The maximum Gasteiger partial charge on any atom is 0.309 e. The molecule has 0 atom stereocenters. The zero-order valence-corrected chi connectivity index (χ0v) is 18.4. The second-order valence-electron chi connectivity index (χ2n) is 6.78. The first-order valence-corrected chi connectivity index (χ1v) is 10.6. The third-order valence-electron chi connectivity index (χ3n) is 4.98. The number of piperidine rings is 1. The molecule has 2 heterocycles. The van der Waals surface area contributed by atoms with E-state index in [1.165, 1.54) is 11.8 Å². The third kappa shape index (κ3) is 4.72. The summed E-state index contributed by atoms with van der Waals surface area (Å²) in [5.41, 5.74) is 0.748. The van der Waals surface area contributed by atoms with Gasteiger partial charge in [-0.15, -0.1) is 0 Å². The van der Waals surface area contributed by atoms with E-state index in [0.717, 1.165) is 5.56 Å². The molecule has 0 radical (unpaired) electrons. The Balaban J connectivity index is 1.71. The van der Waals surface area contributed by atoms with E-state index in [0.29, 0.717) is 59.9 Å². The number of hydrogen-bond donors (Lipinski definition) is 0. The molecule has 0 aromatic heterocycles. The van der Waals surface area contributed by atoms with Crippen LogP contribution in [0, 0.1) is 5.92 Å². The molecule has 0 aliphatic carbocycles. The topological polar surface area (TPSA) is 86.7 Å². The zero-order chi connectivity index (χ0) is 21.7. The van der Waals surface area contributed by atoms with Gasteiger partial charge in [0, 0.05) is 13.1 Å². The van der Waals surface area contributed by atoms with Crippen LogP contribution in [0.5, 0.6) is 17.2 Å². The third-order valence-corrected chi connectivity index (χ3v) is 6.02. The van der Waals surface area contributed by atoms with Crippen molar-refractivity contribution in [1.29, 1.82) is 0 Å². The number of amides is 1. The lowest BCUT2D eigenvalue weighted by molar-refractivity contribution is -0.149. The van der Waals surface area contributed by atoms with Gasteiger partial charge in [0.05, 0.1) is 38.8 Å². The molecule has 2 aliphatic heterocycles. The van der Waals surface area contributed by atoms with Crippen molar-refractivity contribution in [3.05, 3.63) is 22.6 Å².